The molecule has 0 aliphatic rings. The van der Waals surface area contributed by atoms with Crippen LogP contribution in [0.25, 0.3) is 27.7 Å². The van der Waals surface area contributed by atoms with Crippen LogP contribution in [0.3, 0.4) is 0 Å². The van der Waals surface area contributed by atoms with Gasteiger partial charge >= 0.3 is 5.97 Å². The van der Waals surface area contributed by atoms with Crippen LogP contribution in [-0.4, -0.2) is 24.3 Å². The molecule has 29 heavy (non-hydrogen) atoms. The minimum atomic E-state index is -0.205. The van der Waals surface area contributed by atoms with E-state index in [2.05, 4.69) is 41.0 Å². The molecule has 1 aromatic heterocycles. The molecule has 4 rings (SSSR count). The highest BCUT2D eigenvalue weighted by Gasteiger charge is 2.13. The van der Waals surface area contributed by atoms with Crippen LogP contribution < -0.4 is 4.74 Å². The second kappa shape index (κ2) is 8.23. The van der Waals surface area contributed by atoms with Gasteiger partial charge in [0.15, 0.2) is 0 Å². The monoisotopic (exact) mass is 385 g/mol. The van der Waals surface area contributed by atoms with Crippen LogP contribution in [0.2, 0.25) is 0 Å². The molecule has 0 atom stereocenters. The number of ether oxygens (including phenoxy) is 2. The van der Waals surface area contributed by atoms with E-state index in [0.717, 1.165) is 39.0 Å². The SMILES string of the molecule is CCOC(=O)Cc1cn(-c2ccc(-c3cccc(OC)c3)cc2)c2ccccc12. The molecule has 146 valence electrons. The lowest BCUT2D eigenvalue weighted by molar-refractivity contribution is -0.142. The minimum absolute atomic E-state index is 0.205. The molecule has 0 aliphatic heterocycles. The van der Waals surface area contributed by atoms with Gasteiger partial charge in [0.25, 0.3) is 0 Å². The molecule has 0 saturated carbocycles. The molecule has 0 radical (unpaired) electrons. The van der Waals surface area contributed by atoms with Gasteiger partial charge < -0.3 is 14.0 Å². The second-order valence-corrected chi connectivity index (χ2v) is 6.80. The first-order chi connectivity index (χ1) is 14.2. The molecule has 3 aromatic carbocycles. The van der Waals surface area contributed by atoms with Gasteiger partial charge in [0.1, 0.15) is 5.75 Å². The first kappa shape index (κ1) is 18.8. The fourth-order valence-electron chi connectivity index (χ4n) is 3.59. The Bertz CT molecular complexity index is 1140. The number of aromatic nitrogens is 1. The summed E-state index contributed by atoms with van der Waals surface area (Å²) in [5.74, 6) is 0.635. The number of rotatable bonds is 6. The van der Waals surface area contributed by atoms with Crippen molar-refractivity contribution in [2.45, 2.75) is 13.3 Å². The molecular weight excluding hydrogens is 362 g/mol. The summed E-state index contributed by atoms with van der Waals surface area (Å²) in [6.45, 7) is 2.22. The lowest BCUT2D eigenvalue weighted by Gasteiger charge is -2.08. The van der Waals surface area contributed by atoms with Crippen LogP contribution in [0.4, 0.5) is 0 Å². The Morgan fingerprint density at radius 1 is 0.931 bits per heavy atom. The van der Waals surface area contributed by atoms with E-state index in [4.69, 9.17) is 9.47 Å². The lowest BCUT2D eigenvalue weighted by atomic mass is 10.1. The molecule has 0 bridgehead atoms. The van der Waals surface area contributed by atoms with Crippen molar-refractivity contribution in [2.75, 3.05) is 13.7 Å². The van der Waals surface area contributed by atoms with Crippen molar-refractivity contribution < 1.29 is 14.3 Å². The molecule has 4 nitrogen and oxygen atoms in total. The number of nitrogens with zero attached hydrogens (tertiary/aromatic N) is 1. The van der Waals surface area contributed by atoms with Crippen LogP contribution >= 0.6 is 0 Å². The Hall–Kier alpha value is -3.53. The van der Waals surface area contributed by atoms with E-state index in [1.54, 1.807) is 7.11 Å². The van der Waals surface area contributed by atoms with E-state index in [1.165, 1.54) is 0 Å². The maximum absolute atomic E-state index is 12.0. The Morgan fingerprint density at radius 2 is 1.72 bits per heavy atom. The number of esters is 1. The number of para-hydroxylation sites is 1. The van der Waals surface area contributed by atoms with E-state index in [0.29, 0.717) is 6.61 Å². The Labute approximate surface area is 170 Å². The molecule has 0 spiro atoms. The molecule has 4 heteroatoms. The van der Waals surface area contributed by atoms with Crippen molar-refractivity contribution in [2.24, 2.45) is 0 Å². The van der Waals surface area contributed by atoms with Crippen molar-refractivity contribution in [1.29, 1.82) is 0 Å². The predicted octanol–water partition coefficient (Wildman–Crippen LogP) is 5.41. The summed E-state index contributed by atoms with van der Waals surface area (Å²) in [7, 11) is 1.67. The zero-order valence-corrected chi connectivity index (χ0v) is 16.6. The maximum Gasteiger partial charge on any atom is 0.310 e. The molecule has 0 unspecified atom stereocenters. The molecule has 4 aromatic rings. The van der Waals surface area contributed by atoms with Crippen molar-refractivity contribution in [3.63, 3.8) is 0 Å². The number of hydrogen-bond acceptors (Lipinski definition) is 3. The van der Waals surface area contributed by atoms with Gasteiger partial charge in [-0.3, -0.25) is 4.79 Å². The number of benzene rings is 3. The van der Waals surface area contributed by atoms with Gasteiger partial charge in [-0.2, -0.15) is 0 Å². The van der Waals surface area contributed by atoms with Gasteiger partial charge in [-0.1, -0.05) is 42.5 Å². The molecule has 1 heterocycles. The zero-order valence-electron chi connectivity index (χ0n) is 16.6. The van der Waals surface area contributed by atoms with Crippen molar-refractivity contribution in [3.05, 3.63) is 84.6 Å². The van der Waals surface area contributed by atoms with Gasteiger partial charge in [-0.15, -0.1) is 0 Å². The summed E-state index contributed by atoms with van der Waals surface area (Å²) in [5.41, 5.74) is 5.31. The average Bonchev–Trinajstić information content (AvgIpc) is 3.12. The first-order valence-electron chi connectivity index (χ1n) is 9.69. The number of carbonyl (C=O) groups is 1. The molecule has 0 saturated heterocycles. The van der Waals surface area contributed by atoms with Crippen LogP contribution in [0.15, 0.2) is 79.0 Å². The van der Waals surface area contributed by atoms with Gasteiger partial charge in [0.05, 0.1) is 25.7 Å². The lowest BCUT2D eigenvalue weighted by Crippen LogP contribution is -2.07. The predicted molar refractivity (Wildman–Crippen MR) is 116 cm³/mol. The van der Waals surface area contributed by atoms with Crippen molar-refractivity contribution >= 4 is 16.9 Å². The van der Waals surface area contributed by atoms with Crippen molar-refractivity contribution in [3.8, 4) is 22.6 Å². The summed E-state index contributed by atoms with van der Waals surface area (Å²) in [6, 6.07) is 24.5. The molecule has 0 fully saturated rings. The third kappa shape index (κ3) is 3.87. The normalized spacial score (nSPS) is 10.8. The smallest absolute Gasteiger partial charge is 0.310 e. The van der Waals surface area contributed by atoms with Crippen LogP contribution in [0.1, 0.15) is 12.5 Å². The molecular formula is C25H23NO3. The first-order valence-corrected chi connectivity index (χ1v) is 9.69. The highest BCUT2D eigenvalue weighted by Crippen LogP contribution is 2.28. The van der Waals surface area contributed by atoms with E-state index in [9.17, 15) is 4.79 Å². The summed E-state index contributed by atoms with van der Waals surface area (Å²) in [6.07, 6.45) is 2.30. The summed E-state index contributed by atoms with van der Waals surface area (Å²) >= 11 is 0. The highest BCUT2D eigenvalue weighted by molar-refractivity contribution is 5.89. The van der Waals surface area contributed by atoms with Gasteiger partial charge in [0, 0.05) is 17.3 Å². The zero-order chi connectivity index (χ0) is 20.2. The van der Waals surface area contributed by atoms with Crippen molar-refractivity contribution in [1.82, 2.24) is 4.57 Å². The number of carbonyl (C=O) groups excluding carboxylic acids is 1. The van der Waals surface area contributed by atoms with Crippen LogP contribution in [0.5, 0.6) is 5.75 Å². The summed E-state index contributed by atoms with van der Waals surface area (Å²) < 4.78 is 12.6. The average molecular weight is 385 g/mol. The van der Waals surface area contributed by atoms with E-state index in [-0.39, 0.29) is 12.4 Å². The number of methoxy groups -OCH3 is 1. The summed E-state index contributed by atoms with van der Waals surface area (Å²) in [4.78, 5) is 12.0. The fraction of sp³-hybridized carbons (Fsp3) is 0.160. The minimum Gasteiger partial charge on any atom is -0.497 e. The van der Waals surface area contributed by atoms with Crippen LogP contribution in [0, 0.1) is 0 Å². The molecule has 0 amide bonds. The van der Waals surface area contributed by atoms with Gasteiger partial charge in [-0.05, 0) is 53.9 Å². The standard InChI is InChI=1S/C25H23NO3/c1-3-29-25(27)16-20-17-26(24-10-5-4-9-23(20)24)21-13-11-18(12-14-21)19-7-6-8-22(15-19)28-2/h4-15,17H,3,16H2,1-2H3. The van der Waals surface area contributed by atoms with E-state index < -0.39 is 0 Å². The Balaban J connectivity index is 1.70. The van der Waals surface area contributed by atoms with E-state index in [1.807, 2.05) is 49.5 Å². The number of fused-ring (bicyclic) bond motifs is 1. The van der Waals surface area contributed by atoms with Gasteiger partial charge in [-0.25, -0.2) is 0 Å². The topological polar surface area (TPSA) is 40.5 Å². The Morgan fingerprint density at radius 3 is 2.48 bits per heavy atom. The largest absolute Gasteiger partial charge is 0.497 e. The third-order valence-corrected chi connectivity index (χ3v) is 4.98. The number of hydrogen-bond donors (Lipinski definition) is 0. The second-order valence-electron chi connectivity index (χ2n) is 6.80. The van der Waals surface area contributed by atoms with Crippen LogP contribution in [-0.2, 0) is 16.0 Å². The molecule has 0 aliphatic carbocycles. The highest BCUT2D eigenvalue weighted by atomic mass is 16.5. The maximum atomic E-state index is 12.0. The fourth-order valence-corrected chi connectivity index (χ4v) is 3.59. The molecule has 0 N–H and O–H groups in total. The quantitative estimate of drug-likeness (QED) is 0.417. The Kier molecular flexibility index (Phi) is 5.34. The summed E-state index contributed by atoms with van der Waals surface area (Å²) in [5, 5.41) is 1.07. The van der Waals surface area contributed by atoms with E-state index >= 15 is 0 Å². The van der Waals surface area contributed by atoms with Gasteiger partial charge in [0.2, 0.25) is 0 Å². The third-order valence-electron chi connectivity index (χ3n) is 4.98.